The summed E-state index contributed by atoms with van der Waals surface area (Å²) in [6.07, 6.45) is 4.77. The highest BCUT2D eigenvalue weighted by Gasteiger charge is 2.39. The second-order valence-electron chi connectivity index (χ2n) is 7.55. The topological polar surface area (TPSA) is 101 Å². The fraction of sp³-hybridized carbons (Fsp3) is 0.333. The number of pyridine rings is 1. The summed E-state index contributed by atoms with van der Waals surface area (Å²) in [6, 6.07) is 8.53. The van der Waals surface area contributed by atoms with Gasteiger partial charge in [0.05, 0.1) is 12.3 Å². The minimum atomic E-state index is -0.627. The summed E-state index contributed by atoms with van der Waals surface area (Å²) in [5, 5.41) is 5.58. The van der Waals surface area contributed by atoms with Crippen LogP contribution in [0.4, 0.5) is 11.5 Å². The number of piperidine rings is 1. The number of aromatic nitrogens is 1. The van der Waals surface area contributed by atoms with Crippen molar-refractivity contribution in [2.24, 2.45) is 0 Å². The Balaban J connectivity index is 1.35. The molecule has 0 bridgehead atoms. The first-order chi connectivity index (χ1) is 14.1. The first kappa shape index (κ1) is 17.7. The highest BCUT2D eigenvalue weighted by Crippen LogP contribution is 2.34. The largest absolute Gasteiger partial charge is 0.489 e. The van der Waals surface area contributed by atoms with Gasteiger partial charge in [-0.05, 0) is 43.5 Å². The second-order valence-corrected chi connectivity index (χ2v) is 7.55. The van der Waals surface area contributed by atoms with Gasteiger partial charge in [0.15, 0.2) is 0 Å². The van der Waals surface area contributed by atoms with Gasteiger partial charge in [0, 0.05) is 29.8 Å². The van der Waals surface area contributed by atoms with Crippen LogP contribution in [-0.2, 0) is 16.1 Å². The summed E-state index contributed by atoms with van der Waals surface area (Å²) in [4.78, 5) is 42.4. The van der Waals surface area contributed by atoms with Crippen LogP contribution in [0.25, 0.3) is 0 Å². The fourth-order valence-corrected chi connectivity index (χ4v) is 3.74. The van der Waals surface area contributed by atoms with Gasteiger partial charge in [-0.15, -0.1) is 0 Å². The van der Waals surface area contributed by atoms with Crippen LogP contribution in [0.15, 0.2) is 36.5 Å². The van der Waals surface area contributed by atoms with Crippen molar-refractivity contribution in [1.82, 2.24) is 15.2 Å². The number of nitrogens with one attached hydrogen (secondary N) is 2. The molecule has 3 heterocycles. The van der Waals surface area contributed by atoms with Gasteiger partial charge in [-0.3, -0.25) is 19.7 Å². The Bertz CT molecular complexity index is 1000. The normalized spacial score (nSPS) is 21.0. The smallest absolute Gasteiger partial charge is 0.255 e. The molecule has 2 fully saturated rings. The van der Waals surface area contributed by atoms with E-state index in [0.717, 1.165) is 29.8 Å². The van der Waals surface area contributed by atoms with Crippen LogP contribution >= 0.6 is 0 Å². The molecule has 2 aromatic rings. The van der Waals surface area contributed by atoms with E-state index in [1.54, 1.807) is 18.3 Å². The average Bonchev–Trinajstić information content (AvgIpc) is 3.46. The summed E-state index contributed by atoms with van der Waals surface area (Å²) in [6.45, 7) is 0.312. The maximum absolute atomic E-state index is 12.9. The monoisotopic (exact) mass is 392 g/mol. The van der Waals surface area contributed by atoms with Crippen LogP contribution in [0.5, 0.6) is 5.75 Å². The van der Waals surface area contributed by atoms with Crippen LogP contribution in [-0.4, -0.2) is 39.8 Å². The highest BCUT2D eigenvalue weighted by molar-refractivity contribution is 6.06. The minimum absolute atomic E-state index is 0.195. The number of anilines is 2. The number of carbonyl (C=O) groups excluding carboxylic acids is 3. The Morgan fingerprint density at radius 2 is 1.97 bits per heavy atom. The Kier molecular flexibility index (Phi) is 4.19. The first-order valence-corrected chi connectivity index (χ1v) is 9.75. The predicted molar refractivity (Wildman–Crippen MR) is 104 cm³/mol. The van der Waals surface area contributed by atoms with E-state index < -0.39 is 11.9 Å². The number of amides is 3. The molecule has 1 aromatic heterocycles. The quantitative estimate of drug-likeness (QED) is 0.756. The number of hydrogen-bond donors (Lipinski definition) is 2. The molecule has 8 heteroatoms. The summed E-state index contributed by atoms with van der Waals surface area (Å²) in [5.74, 6) is 0.492. The molecule has 3 aliphatic rings. The number of benzene rings is 1. The summed E-state index contributed by atoms with van der Waals surface area (Å²) in [5.41, 5.74) is 2.16. The van der Waals surface area contributed by atoms with E-state index >= 15 is 0 Å². The fourth-order valence-electron chi connectivity index (χ4n) is 3.74. The van der Waals surface area contributed by atoms with Gasteiger partial charge in [0.25, 0.3) is 5.91 Å². The molecule has 1 unspecified atom stereocenters. The lowest BCUT2D eigenvalue weighted by Crippen LogP contribution is -2.52. The maximum atomic E-state index is 12.9. The summed E-state index contributed by atoms with van der Waals surface area (Å²) in [7, 11) is 0. The lowest BCUT2D eigenvalue weighted by atomic mass is 10.0. The van der Waals surface area contributed by atoms with Gasteiger partial charge < -0.3 is 15.0 Å². The molecule has 2 N–H and O–H groups in total. The zero-order valence-corrected chi connectivity index (χ0v) is 15.7. The Morgan fingerprint density at radius 3 is 2.69 bits per heavy atom. The molecule has 5 rings (SSSR count). The van der Waals surface area contributed by atoms with Crippen molar-refractivity contribution in [3.8, 4) is 5.75 Å². The molecule has 1 atom stereocenters. The maximum Gasteiger partial charge on any atom is 0.255 e. The van der Waals surface area contributed by atoms with Gasteiger partial charge >= 0.3 is 0 Å². The second kappa shape index (κ2) is 6.88. The number of rotatable bonds is 5. The molecule has 3 amide bonds. The molecule has 2 aliphatic heterocycles. The van der Waals surface area contributed by atoms with E-state index in [0.29, 0.717) is 30.5 Å². The lowest BCUT2D eigenvalue weighted by molar-refractivity contribution is -0.136. The molecule has 0 radical (unpaired) electrons. The van der Waals surface area contributed by atoms with E-state index in [1.807, 2.05) is 18.2 Å². The van der Waals surface area contributed by atoms with E-state index in [-0.39, 0.29) is 18.2 Å². The van der Waals surface area contributed by atoms with E-state index in [9.17, 15) is 14.4 Å². The predicted octanol–water partition coefficient (Wildman–Crippen LogP) is 2.13. The summed E-state index contributed by atoms with van der Waals surface area (Å²) < 4.78 is 5.71. The molecule has 1 aliphatic carbocycles. The van der Waals surface area contributed by atoms with Gasteiger partial charge in [-0.1, -0.05) is 6.07 Å². The van der Waals surface area contributed by atoms with Crippen molar-refractivity contribution in [3.05, 3.63) is 47.7 Å². The minimum Gasteiger partial charge on any atom is -0.489 e. The van der Waals surface area contributed by atoms with Gasteiger partial charge in [-0.2, -0.15) is 0 Å². The van der Waals surface area contributed by atoms with Crippen molar-refractivity contribution in [2.45, 2.75) is 44.4 Å². The van der Waals surface area contributed by atoms with Crippen molar-refractivity contribution in [2.75, 3.05) is 5.32 Å². The number of ether oxygens (including phenoxy) is 1. The van der Waals surface area contributed by atoms with Crippen LogP contribution in [0.1, 0.15) is 41.6 Å². The standard InChI is InChI=1S/C21H20N4O4/c26-19-9-7-17(20(27)24-19)25-11-15-14(21(25)28)2-1-3-16(15)23-18-8-6-13(10-22-18)29-12-4-5-12/h1-3,6,8,10,12,17H,4-5,7,9,11H2,(H,22,23)(H,24,26,27). The molecule has 1 aromatic carbocycles. The first-order valence-electron chi connectivity index (χ1n) is 9.75. The average molecular weight is 392 g/mol. The lowest BCUT2D eigenvalue weighted by Gasteiger charge is -2.29. The molecule has 8 nitrogen and oxygen atoms in total. The van der Waals surface area contributed by atoms with Gasteiger partial charge in [0.1, 0.15) is 17.6 Å². The van der Waals surface area contributed by atoms with Gasteiger partial charge in [-0.25, -0.2) is 4.98 Å². The third kappa shape index (κ3) is 3.41. The van der Waals surface area contributed by atoms with E-state index in [4.69, 9.17) is 4.74 Å². The third-order valence-electron chi connectivity index (χ3n) is 5.41. The number of imide groups is 1. The highest BCUT2D eigenvalue weighted by atomic mass is 16.5. The SMILES string of the molecule is O=C1CCC(N2Cc3c(Nc4ccc(OC5CC5)cn4)cccc3C2=O)C(=O)N1. The van der Waals surface area contributed by atoms with Crippen LogP contribution in [0, 0.1) is 0 Å². The molecular formula is C21H20N4O4. The van der Waals surface area contributed by atoms with E-state index in [1.165, 1.54) is 4.90 Å². The van der Waals surface area contributed by atoms with Gasteiger partial charge in [0.2, 0.25) is 11.8 Å². The number of carbonyl (C=O) groups is 3. The molecule has 1 saturated heterocycles. The van der Waals surface area contributed by atoms with E-state index in [2.05, 4.69) is 15.6 Å². The molecular weight excluding hydrogens is 372 g/mol. The zero-order chi connectivity index (χ0) is 20.0. The van der Waals surface area contributed by atoms with Crippen molar-refractivity contribution in [1.29, 1.82) is 0 Å². The van der Waals surface area contributed by atoms with Crippen LogP contribution < -0.4 is 15.4 Å². The molecule has 1 saturated carbocycles. The Labute approximate surface area is 167 Å². The van der Waals surface area contributed by atoms with Crippen LogP contribution in [0.2, 0.25) is 0 Å². The zero-order valence-electron chi connectivity index (χ0n) is 15.7. The molecule has 148 valence electrons. The van der Waals surface area contributed by atoms with Crippen molar-refractivity contribution in [3.63, 3.8) is 0 Å². The Morgan fingerprint density at radius 1 is 1.10 bits per heavy atom. The Hall–Kier alpha value is -3.42. The van der Waals surface area contributed by atoms with Crippen molar-refractivity contribution >= 4 is 29.2 Å². The number of hydrogen-bond acceptors (Lipinski definition) is 6. The third-order valence-corrected chi connectivity index (χ3v) is 5.41. The number of fused-ring (bicyclic) bond motifs is 1. The van der Waals surface area contributed by atoms with Crippen molar-refractivity contribution < 1.29 is 19.1 Å². The summed E-state index contributed by atoms with van der Waals surface area (Å²) >= 11 is 0. The van der Waals surface area contributed by atoms with Crippen LogP contribution in [0.3, 0.4) is 0 Å². The molecule has 29 heavy (non-hydrogen) atoms. The number of nitrogens with zero attached hydrogens (tertiary/aromatic N) is 2. The molecule has 0 spiro atoms.